The van der Waals surface area contributed by atoms with E-state index < -0.39 is 0 Å². The summed E-state index contributed by atoms with van der Waals surface area (Å²) in [4.78, 5) is 2.27. The van der Waals surface area contributed by atoms with Crippen molar-refractivity contribution in [2.45, 2.75) is 6.17 Å². The number of halogens is 1. The molecule has 2 aliphatic heterocycles. The lowest BCUT2D eigenvalue weighted by Gasteiger charge is -2.32. The van der Waals surface area contributed by atoms with E-state index in [9.17, 15) is 0 Å². The first-order chi connectivity index (χ1) is 16.3. The van der Waals surface area contributed by atoms with Crippen LogP contribution in [0.5, 0.6) is 11.5 Å². The van der Waals surface area contributed by atoms with Crippen molar-refractivity contribution in [3.8, 4) is 11.5 Å². The maximum absolute atomic E-state index is 5.70. The minimum atomic E-state index is -0.210. The molecular weight excluding hydrogens is 478 g/mol. The fourth-order valence-corrected chi connectivity index (χ4v) is 4.49. The molecule has 0 saturated heterocycles. The van der Waals surface area contributed by atoms with Gasteiger partial charge in [-0.05, 0) is 48.5 Å². The van der Waals surface area contributed by atoms with Gasteiger partial charge in [-0.2, -0.15) is 5.10 Å². The molecular formula is C27H20BrN3O2. The van der Waals surface area contributed by atoms with Gasteiger partial charge in [0.05, 0.1) is 5.69 Å². The van der Waals surface area contributed by atoms with Gasteiger partial charge in [-0.1, -0.05) is 70.5 Å². The highest BCUT2D eigenvalue weighted by molar-refractivity contribution is 9.10. The van der Waals surface area contributed by atoms with Crippen LogP contribution in [0.3, 0.4) is 0 Å². The SMILES string of the molecule is Brc1ccc(N2C(c3ccccc3)=NN(c3ccccc3)[C@@H]2c2ccc3c(c2)OCO3)cc1. The molecule has 0 fully saturated rings. The van der Waals surface area contributed by atoms with Crippen molar-refractivity contribution in [1.29, 1.82) is 0 Å². The van der Waals surface area contributed by atoms with Crippen LogP contribution in [0, 0.1) is 0 Å². The Kier molecular flexibility index (Phi) is 5.00. The highest BCUT2D eigenvalue weighted by atomic mass is 79.9. The minimum Gasteiger partial charge on any atom is -0.454 e. The normalized spacial score (nSPS) is 16.8. The first-order valence-corrected chi connectivity index (χ1v) is 11.5. The summed E-state index contributed by atoms with van der Waals surface area (Å²) in [7, 11) is 0. The lowest BCUT2D eigenvalue weighted by molar-refractivity contribution is 0.174. The Balaban J connectivity index is 1.56. The summed E-state index contributed by atoms with van der Waals surface area (Å²) in [6, 6.07) is 35.0. The van der Waals surface area contributed by atoms with E-state index in [1.54, 1.807) is 0 Å². The number of hydrogen-bond donors (Lipinski definition) is 0. The zero-order valence-electron chi connectivity index (χ0n) is 17.6. The van der Waals surface area contributed by atoms with Crippen LogP contribution in [-0.4, -0.2) is 12.6 Å². The van der Waals surface area contributed by atoms with Crippen LogP contribution >= 0.6 is 15.9 Å². The Bertz CT molecular complexity index is 1310. The van der Waals surface area contributed by atoms with Crippen LogP contribution in [0.4, 0.5) is 11.4 Å². The first-order valence-electron chi connectivity index (χ1n) is 10.7. The number of anilines is 2. The molecule has 2 aliphatic rings. The summed E-state index contributed by atoms with van der Waals surface area (Å²) >= 11 is 3.57. The molecule has 162 valence electrons. The van der Waals surface area contributed by atoms with Crippen LogP contribution in [0.1, 0.15) is 17.3 Å². The van der Waals surface area contributed by atoms with Crippen molar-refractivity contribution in [3.05, 3.63) is 119 Å². The molecule has 0 spiro atoms. The van der Waals surface area contributed by atoms with Gasteiger partial charge < -0.3 is 9.47 Å². The molecule has 0 bridgehead atoms. The Morgan fingerprint density at radius 2 is 1.42 bits per heavy atom. The number of ether oxygens (including phenoxy) is 2. The standard InChI is InChI=1S/C27H20BrN3O2/c28-21-12-14-22(15-13-21)30-26(19-7-3-1-4-8-19)29-31(23-9-5-2-6-10-23)27(30)20-11-16-24-25(17-20)33-18-32-24/h1-17,27H,18H2/t27-/m1/s1. The predicted molar refractivity (Wildman–Crippen MR) is 134 cm³/mol. The van der Waals surface area contributed by atoms with E-state index in [-0.39, 0.29) is 13.0 Å². The fourth-order valence-electron chi connectivity index (χ4n) is 4.22. The maximum atomic E-state index is 5.70. The fraction of sp³-hybridized carbons (Fsp3) is 0.0741. The Labute approximate surface area is 200 Å². The maximum Gasteiger partial charge on any atom is 0.231 e. The summed E-state index contributed by atoms with van der Waals surface area (Å²) < 4.78 is 12.3. The van der Waals surface area contributed by atoms with Gasteiger partial charge in [-0.15, -0.1) is 0 Å². The number of hydrogen-bond acceptors (Lipinski definition) is 5. The summed E-state index contributed by atoms with van der Waals surface area (Å²) in [6.07, 6.45) is -0.210. The van der Waals surface area contributed by atoms with E-state index in [1.165, 1.54) is 0 Å². The van der Waals surface area contributed by atoms with Crippen LogP contribution < -0.4 is 19.4 Å². The third kappa shape index (κ3) is 3.62. The summed E-state index contributed by atoms with van der Waals surface area (Å²) in [6.45, 7) is 0.244. The van der Waals surface area contributed by atoms with Gasteiger partial charge >= 0.3 is 0 Å². The number of benzene rings is 4. The van der Waals surface area contributed by atoms with Crippen molar-refractivity contribution in [2.24, 2.45) is 5.10 Å². The summed E-state index contributed by atoms with van der Waals surface area (Å²) in [5.74, 6) is 2.40. The molecule has 6 rings (SSSR count). The van der Waals surface area contributed by atoms with Gasteiger partial charge in [-0.25, -0.2) is 5.01 Å². The molecule has 0 N–H and O–H groups in total. The molecule has 0 aromatic heterocycles. The highest BCUT2D eigenvalue weighted by Crippen LogP contribution is 2.43. The number of amidine groups is 1. The number of nitrogens with zero attached hydrogens (tertiary/aromatic N) is 3. The number of para-hydroxylation sites is 1. The summed E-state index contributed by atoms with van der Waals surface area (Å²) in [5, 5.41) is 7.22. The molecule has 1 atom stereocenters. The largest absolute Gasteiger partial charge is 0.454 e. The molecule has 33 heavy (non-hydrogen) atoms. The van der Waals surface area contributed by atoms with Crippen LogP contribution in [0.15, 0.2) is 113 Å². The van der Waals surface area contributed by atoms with Crippen molar-refractivity contribution in [3.63, 3.8) is 0 Å². The monoisotopic (exact) mass is 497 g/mol. The van der Waals surface area contributed by atoms with E-state index >= 15 is 0 Å². The number of fused-ring (bicyclic) bond motifs is 1. The van der Waals surface area contributed by atoms with E-state index in [1.807, 2.05) is 42.5 Å². The zero-order valence-corrected chi connectivity index (χ0v) is 19.2. The lowest BCUT2D eigenvalue weighted by Crippen LogP contribution is -2.35. The Morgan fingerprint density at radius 3 is 2.18 bits per heavy atom. The molecule has 0 radical (unpaired) electrons. The van der Waals surface area contributed by atoms with Gasteiger partial charge in [0.2, 0.25) is 6.79 Å². The highest BCUT2D eigenvalue weighted by Gasteiger charge is 2.38. The van der Waals surface area contributed by atoms with Gasteiger partial charge in [0.25, 0.3) is 0 Å². The van der Waals surface area contributed by atoms with Gasteiger partial charge in [0, 0.05) is 21.3 Å². The molecule has 4 aromatic rings. The van der Waals surface area contributed by atoms with E-state index in [4.69, 9.17) is 14.6 Å². The average molecular weight is 498 g/mol. The zero-order chi connectivity index (χ0) is 22.2. The van der Waals surface area contributed by atoms with E-state index in [2.05, 4.69) is 86.5 Å². The van der Waals surface area contributed by atoms with Crippen LogP contribution in [0.25, 0.3) is 0 Å². The lowest BCUT2D eigenvalue weighted by atomic mass is 10.1. The van der Waals surface area contributed by atoms with Crippen molar-refractivity contribution in [1.82, 2.24) is 0 Å². The van der Waals surface area contributed by atoms with Crippen molar-refractivity contribution in [2.75, 3.05) is 16.7 Å². The number of hydrazone groups is 1. The molecule has 2 heterocycles. The average Bonchev–Trinajstić information content (AvgIpc) is 3.50. The molecule has 6 heteroatoms. The molecule has 0 unspecified atom stereocenters. The third-order valence-electron chi connectivity index (χ3n) is 5.76. The quantitative estimate of drug-likeness (QED) is 0.319. The molecule has 0 aliphatic carbocycles. The predicted octanol–water partition coefficient (Wildman–Crippen LogP) is 6.57. The van der Waals surface area contributed by atoms with Crippen LogP contribution in [0.2, 0.25) is 0 Å². The molecule has 0 amide bonds. The molecule has 4 aromatic carbocycles. The van der Waals surface area contributed by atoms with Crippen molar-refractivity contribution >= 4 is 33.1 Å². The second kappa shape index (κ2) is 8.30. The van der Waals surface area contributed by atoms with Crippen molar-refractivity contribution < 1.29 is 9.47 Å². The molecule has 5 nitrogen and oxygen atoms in total. The third-order valence-corrected chi connectivity index (χ3v) is 6.29. The first kappa shape index (κ1) is 19.9. The van der Waals surface area contributed by atoms with E-state index in [0.29, 0.717) is 0 Å². The second-order valence-corrected chi connectivity index (χ2v) is 8.72. The van der Waals surface area contributed by atoms with Gasteiger partial charge in [0.1, 0.15) is 0 Å². The van der Waals surface area contributed by atoms with Gasteiger partial charge in [0.15, 0.2) is 23.5 Å². The topological polar surface area (TPSA) is 37.3 Å². The van der Waals surface area contributed by atoms with Gasteiger partial charge in [-0.3, -0.25) is 4.90 Å². The molecule has 0 saturated carbocycles. The Hall–Kier alpha value is -3.77. The minimum absolute atomic E-state index is 0.210. The Morgan fingerprint density at radius 1 is 0.727 bits per heavy atom. The smallest absolute Gasteiger partial charge is 0.231 e. The summed E-state index contributed by atoms with van der Waals surface area (Å²) in [5.41, 5.74) is 4.15. The number of rotatable bonds is 4. The van der Waals surface area contributed by atoms with Crippen LogP contribution in [-0.2, 0) is 0 Å². The second-order valence-electron chi connectivity index (χ2n) is 7.80. The van der Waals surface area contributed by atoms with E-state index in [0.717, 1.165) is 44.3 Å².